The van der Waals surface area contributed by atoms with Crippen molar-refractivity contribution >= 4 is 17.4 Å². The smallest absolute Gasteiger partial charge is 0.332 e. The minimum absolute atomic E-state index is 0.303. The number of nitrogens with zero attached hydrogens (tertiary/aromatic N) is 4. The number of nitrogens with one attached hydrogen (secondary N) is 2. The Balaban J connectivity index is 1.20. The molecule has 5 aromatic rings. The van der Waals surface area contributed by atoms with Gasteiger partial charge in [-0.3, -0.25) is 0 Å². The normalized spacial score (nSPS) is 11.4. The topological polar surface area (TPSA) is 97.9 Å². The number of halogens is 3. The van der Waals surface area contributed by atoms with Crippen LogP contribution in [0.25, 0.3) is 23.0 Å². The van der Waals surface area contributed by atoms with Gasteiger partial charge in [0.1, 0.15) is 5.69 Å². The van der Waals surface area contributed by atoms with Crippen molar-refractivity contribution in [3.63, 3.8) is 0 Å². The fourth-order valence-electron chi connectivity index (χ4n) is 3.73. The SMILES string of the molecule is Cc1ccc(-c2noc(-c3cn(Cc4ccc(NC(=O)Nc5ccccc5C(F)(F)F)cc4)cn3)n2)cc1. The van der Waals surface area contributed by atoms with Crippen molar-refractivity contribution in [1.82, 2.24) is 19.7 Å². The lowest BCUT2D eigenvalue weighted by Crippen LogP contribution is -2.21. The molecule has 0 unspecified atom stereocenters. The van der Waals surface area contributed by atoms with Crippen molar-refractivity contribution in [3.8, 4) is 23.0 Å². The zero-order valence-electron chi connectivity index (χ0n) is 20.0. The van der Waals surface area contributed by atoms with Gasteiger partial charge in [0.2, 0.25) is 5.82 Å². The molecule has 2 heterocycles. The van der Waals surface area contributed by atoms with Gasteiger partial charge in [0.15, 0.2) is 0 Å². The van der Waals surface area contributed by atoms with Crippen molar-refractivity contribution in [1.29, 1.82) is 0 Å². The van der Waals surface area contributed by atoms with E-state index >= 15 is 0 Å². The number of aromatic nitrogens is 4. The molecular weight excluding hydrogens is 497 g/mol. The zero-order valence-corrected chi connectivity index (χ0v) is 20.0. The van der Waals surface area contributed by atoms with Crippen LogP contribution in [0.1, 0.15) is 16.7 Å². The number of hydrogen-bond donors (Lipinski definition) is 2. The average Bonchev–Trinajstić information content (AvgIpc) is 3.55. The second-order valence-corrected chi connectivity index (χ2v) is 8.54. The third-order valence-corrected chi connectivity index (χ3v) is 5.65. The number of imidazole rings is 1. The highest BCUT2D eigenvalue weighted by Gasteiger charge is 2.33. The number of carbonyl (C=O) groups excluding carboxylic acids is 1. The number of alkyl halides is 3. The third-order valence-electron chi connectivity index (χ3n) is 5.65. The van der Waals surface area contributed by atoms with Crippen molar-refractivity contribution in [2.75, 3.05) is 10.6 Å². The van der Waals surface area contributed by atoms with Crippen LogP contribution in [-0.2, 0) is 12.7 Å². The number of benzene rings is 3. The Morgan fingerprint density at radius 2 is 1.71 bits per heavy atom. The first-order valence-corrected chi connectivity index (χ1v) is 11.5. The monoisotopic (exact) mass is 518 g/mol. The molecule has 0 atom stereocenters. The first-order chi connectivity index (χ1) is 18.2. The summed E-state index contributed by atoms with van der Waals surface area (Å²) in [7, 11) is 0. The number of anilines is 2. The molecule has 0 spiro atoms. The summed E-state index contributed by atoms with van der Waals surface area (Å²) < 4.78 is 46.6. The lowest BCUT2D eigenvalue weighted by molar-refractivity contribution is -0.136. The summed E-state index contributed by atoms with van der Waals surface area (Å²) in [5.74, 6) is 0.778. The van der Waals surface area contributed by atoms with Crippen LogP contribution >= 0.6 is 0 Å². The van der Waals surface area contributed by atoms with E-state index in [1.807, 2.05) is 35.8 Å². The first-order valence-electron chi connectivity index (χ1n) is 11.5. The molecule has 192 valence electrons. The summed E-state index contributed by atoms with van der Waals surface area (Å²) in [4.78, 5) is 21.0. The van der Waals surface area contributed by atoms with Gasteiger partial charge in [-0.15, -0.1) is 0 Å². The predicted molar refractivity (Wildman–Crippen MR) is 135 cm³/mol. The van der Waals surface area contributed by atoms with E-state index in [4.69, 9.17) is 4.52 Å². The van der Waals surface area contributed by atoms with Crippen molar-refractivity contribution in [3.05, 3.63) is 102 Å². The van der Waals surface area contributed by atoms with Crippen LogP contribution in [0.2, 0.25) is 0 Å². The van der Waals surface area contributed by atoms with Gasteiger partial charge in [-0.05, 0) is 36.8 Å². The van der Waals surface area contributed by atoms with Gasteiger partial charge in [0.25, 0.3) is 5.89 Å². The van der Waals surface area contributed by atoms with Gasteiger partial charge in [0.05, 0.1) is 17.6 Å². The number of rotatable bonds is 6. The van der Waals surface area contributed by atoms with E-state index < -0.39 is 17.8 Å². The Morgan fingerprint density at radius 3 is 2.45 bits per heavy atom. The zero-order chi connectivity index (χ0) is 26.7. The van der Waals surface area contributed by atoms with Crippen molar-refractivity contribution in [2.45, 2.75) is 19.6 Å². The first kappa shape index (κ1) is 24.8. The molecule has 2 aromatic heterocycles. The van der Waals surface area contributed by atoms with Crippen molar-refractivity contribution in [2.24, 2.45) is 0 Å². The van der Waals surface area contributed by atoms with E-state index in [0.717, 1.165) is 22.8 Å². The number of para-hydroxylation sites is 1. The van der Waals surface area contributed by atoms with Gasteiger partial charge in [0, 0.05) is 24.0 Å². The van der Waals surface area contributed by atoms with Crippen LogP contribution in [0.5, 0.6) is 0 Å². The molecule has 0 aliphatic heterocycles. The van der Waals surface area contributed by atoms with Gasteiger partial charge < -0.3 is 19.7 Å². The highest BCUT2D eigenvalue weighted by molar-refractivity contribution is 6.00. The maximum absolute atomic E-state index is 13.1. The molecule has 2 N–H and O–H groups in total. The molecule has 3 aromatic carbocycles. The fraction of sp³-hybridized carbons (Fsp3) is 0.111. The number of hydrogen-bond acceptors (Lipinski definition) is 5. The lowest BCUT2D eigenvalue weighted by atomic mass is 10.1. The molecule has 0 aliphatic carbocycles. The van der Waals surface area contributed by atoms with Gasteiger partial charge in [-0.1, -0.05) is 59.3 Å². The lowest BCUT2D eigenvalue weighted by Gasteiger charge is -2.14. The highest BCUT2D eigenvalue weighted by Crippen LogP contribution is 2.34. The summed E-state index contributed by atoms with van der Waals surface area (Å²) in [5, 5.41) is 8.82. The molecule has 11 heteroatoms. The summed E-state index contributed by atoms with van der Waals surface area (Å²) >= 11 is 0. The van der Waals surface area contributed by atoms with Gasteiger partial charge in [-0.25, -0.2) is 9.78 Å². The van der Waals surface area contributed by atoms with E-state index in [1.165, 1.54) is 18.2 Å². The summed E-state index contributed by atoms with van der Waals surface area (Å²) in [5.41, 5.74) is 2.61. The largest absolute Gasteiger partial charge is 0.418 e. The maximum Gasteiger partial charge on any atom is 0.418 e. The molecular formula is C27H21F3N6O2. The van der Waals surface area contributed by atoms with Crippen LogP contribution in [-0.4, -0.2) is 25.7 Å². The average molecular weight is 518 g/mol. The van der Waals surface area contributed by atoms with E-state index in [-0.39, 0.29) is 5.69 Å². The Morgan fingerprint density at radius 1 is 0.974 bits per heavy atom. The number of amides is 2. The Labute approximate surface area is 215 Å². The standard InChI is InChI=1S/C27H21F3N6O2/c1-17-6-10-19(11-7-17)24-34-25(38-35-24)23-15-36(16-31-23)14-18-8-12-20(13-9-18)32-26(37)33-22-5-3-2-4-21(22)27(28,29)30/h2-13,15-16H,14H2,1H3,(H2,32,33,37). The van der Waals surface area contributed by atoms with Crippen LogP contribution in [0, 0.1) is 6.92 Å². The molecule has 0 saturated carbocycles. The molecule has 0 radical (unpaired) electrons. The molecule has 0 fully saturated rings. The quantitative estimate of drug-likeness (QED) is 0.263. The van der Waals surface area contributed by atoms with Crippen LogP contribution in [0.15, 0.2) is 89.8 Å². The number of carbonyl (C=O) groups is 1. The second-order valence-electron chi connectivity index (χ2n) is 8.54. The molecule has 5 rings (SSSR count). The molecule has 0 saturated heterocycles. The number of urea groups is 1. The fourth-order valence-corrected chi connectivity index (χ4v) is 3.73. The Kier molecular flexibility index (Phi) is 6.65. The predicted octanol–water partition coefficient (Wildman–Crippen LogP) is 6.62. The third kappa shape index (κ3) is 5.72. The molecule has 0 bridgehead atoms. The highest BCUT2D eigenvalue weighted by atomic mass is 19.4. The van der Waals surface area contributed by atoms with E-state index in [2.05, 4.69) is 25.8 Å². The van der Waals surface area contributed by atoms with Gasteiger partial charge in [-0.2, -0.15) is 18.2 Å². The van der Waals surface area contributed by atoms with Crippen LogP contribution in [0.4, 0.5) is 29.3 Å². The maximum atomic E-state index is 13.1. The van der Waals surface area contributed by atoms with E-state index in [9.17, 15) is 18.0 Å². The summed E-state index contributed by atoms with van der Waals surface area (Å²) in [6.07, 6.45) is -1.15. The number of aryl methyl sites for hydroxylation is 1. The van der Waals surface area contributed by atoms with Crippen molar-refractivity contribution < 1.29 is 22.5 Å². The van der Waals surface area contributed by atoms with E-state index in [0.29, 0.717) is 29.6 Å². The molecule has 2 amide bonds. The van der Waals surface area contributed by atoms with Crippen LogP contribution in [0.3, 0.4) is 0 Å². The van der Waals surface area contributed by atoms with E-state index in [1.54, 1.807) is 36.8 Å². The van der Waals surface area contributed by atoms with Gasteiger partial charge >= 0.3 is 12.2 Å². The summed E-state index contributed by atoms with van der Waals surface area (Å²) in [6, 6.07) is 18.7. The molecule has 38 heavy (non-hydrogen) atoms. The van der Waals surface area contributed by atoms with Crippen LogP contribution < -0.4 is 10.6 Å². The second kappa shape index (κ2) is 10.2. The molecule has 8 nitrogen and oxygen atoms in total. The minimum atomic E-state index is -4.58. The minimum Gasteiger partial charge on any atom is -0.332 e. The Bertz CT molecular complexity index is 1560. The summed E-state index contributed by atoms with van der Waals surface area (Å²) in [6.45, 7) is 2.48. The molecule has 0 aliphatic rings. The Hall–Kier alpha value is -4.93.